The Labute approximate surface area is 211 Å². The van der Waals surface area contributed by atoms with E-state index in [1.165, 1.54) is 0 Å². The van der Waals surface area contributed by atoms with E-state index in [1.807, 2.05) is 11.0 Å². The summed E-state index contributed by atoms with van der Waals surface area (Å²) in [7, 11) is 1.73. The van der Waals surface area contributed by atoms with E-state index in [-0.39, 0.29) is 36.2 Å². The summed E-state index contributed by atoms with van der Waals surface area (Å²) in [5, 5.41) is 4.42. The standard InChI is InChI=1S/C24H33Cl2N5O3/c1-16(32)29-7-9-30(10-8-29)18-4-6-22-19(12-18)24(34)31(15-27-22)14-23(33)28(2)13-17-3-5-20(25)21(26)11-17/h3,5,11,18-19,22,27H,4,6-10,12-15H2,1-2H3. The lowest BCUT2D eigenvalue weighted by atomic mass is 9.79. The van der Waals surface area contributed by atoms with E-state index >= 15 is 0 Å². The van der Waals surface area contributed by atoms with E-state index in [0.717, 1.165) is 51.0 Å². The van der Waals surface area contributed by atoms with E-state index in [9.17, 15) is 14.4 Å². The van der Waals surface area contributed by atoms with Crippen LogP contribution in [0.5, 0.6) is 0 Å². The fourth-order valence-corrected chi connectivity index (χ4v) is 5.68. The van der Waals surface area contributed by atoms with Gasteiger partial charge in [-0.3, -0.25) is 24.6 Å². The monoisotopic (exact) mass is 509 g/mol. The van der Waals surface area contributed by atoms with Crippen LogP contribution in [-0.4, -0.2) is 95.8 Å². The van der Waals surface area contributed by atoms with Gasteiger partial charge in [-0.1, -0.05) is 29.3 Å². The molecule has 1 aromatic rings. The lowest BCUT2D eigenvalue weighted by Gasteiger charge is -2.47. The van der Waals surface area contributed by atoms with Gasteiger partial charge in [0.1, 0.15) is 6.54 Å². The van der Waals surface area contributed by atoms with Crippen LogP contribution in [0.3, 0.4) is 0 Å². The smallest absolute Gasteiger partial charge is 0.242 e. The maximum absolute atomic E-state index is 13.3. The topological polar surface area (TPSA) is 76.2 Å². The molecule has 1 aromatic carbocycles. The van der Waals surface area contributed by atoms with Crippen molar-refractivity contribution >= 4 is 40.9 Å². The highest BCUT2D eigenvalue weighted by Crippen LogP contribution is 2.32. The van der Waals surface area contributed by atoms with E-state index in [4.69, 9.17) is 23.2 Å². The molecular formula is C24H33Cl2N5O3. The van der Waals surface area contributed by atoms with Gasteiger partial charge in [0.15, 0.2) is 0 Å². The molecule has 10 heteroatoms. The Hall–Kier alpha value is -1.87. The van der Waals surface area contributed by atoms with Crippen molar-refractivity contribution in [2.75, 3.05) is 46.4 Å². The number of rotatable bonds is 5. The van der Waals surface area contributed by atoms with Gasteiger partial charge in [0.25, 0.3) is 0 Å². The Bertz CT molecular complexity index is 937. The molecule has 3 unspecified atom stereocenters. The minimum atomic E-state index is -0.119. The summed E-state index contributed by atoms with van der Waals surface area (Å²) in [6, 6.07) is 5.82. The number of benzene rings is 1. The Morgan fingerprint density at radius 2 is 1.85 bits per heavy atom. The zero-order chi connectivity index (χ0) is 24.4. The van der Waals surface area contributed by atoms with Gasteiger partial charge in [-0.25, -0.2) is 0 Å². The molecule has 0 bridgehead atoms. The summed E-state index contributed by atoms with van der Waals surface area (Å²) < 4.78 is 0. The molecule has 2 saturated heterocycles. The van der Waals surface area contributed by atoms with Crippen molar-refractivity contribution in [2.24, 2.45) is 5.92 Å². The summed E-state index contributed by atoms with van der Waals surface area (Å²) >= 11 is 12.1. The van der Waals surface area contributed by atoms with Crippen LogP contribution in [0.15, 0.2) is 18.2 Å². The molecule has 186 valence electrons. The minimum absolute atomic E-state index is 0.0504. The van der Waals surface area contributed by atoms with Gasteiger partial charge in [-0.2, -0.15) is 0 Å². The highest BCUT2D eigenvalue weighted by atomic mass is 35.5. The third-order valence-corrected chi connectivity index (χ3v) is 8.17. The summed E-state index contributed by atoms with van der Waals surface area (Å²) in [6.45, 7) is 5.66. The molecule has 3 fully saturated rings. The Kier molecular flexibility index (Phi) is 8.02. The number of fused-ring (bicyclic) bond motifs is 1. The third kappa shape index (κ3) is 5.67. The number of hydrogen-bond donors (Lipinski definition) is 1. The average molecular weight is 510 g/mol. The second kappa shape index (κ2) is 10.8. The van der Waals surface area contributed by atoms with Crippen molar-refractivity contribution in [1.82, 2.24) is 24.9 Å². The molecule has 1 saturated carbocycles. The zero-order valence-electron chi connectivity index (χ0n) is 19.8. The number of amides is 3. The molecule has 4 rings (SSSR count). The number of nitrogens with zero attached hydrogens (tertiary/aromatic N) is 4. The molecule has 3 aliphatic rings. The molecule has 1 N–H and O–H groups in total. The molecule has 0 aromatic heterocycles. The molecule has 34 heavy (non-hydrogen) atoms. The van der Waals surface area contributed by atoms with Crippen LogP contribution in [0.25, 0.3) is 0 Å². The average Bonchev–Trinajstić information content (AvgIpc) is 2.83. The highest BCUT2D eigenvalue weighted by Gasteiger charge is 2.42. The summed E-state index contributed by atoms with van der Waals surface area (Å²) in [4.78, 5) is 45.4. The maximum atomic E-state index is 13.3. The normalized spacial score (nSPS) is 25.8. The minimum Gasteiger partial charge on any atom is -0.340 e. The van der Waals surface area contributed by atoms with E-state index < -0.39 is 0 Å². The first-order valence-corrected chi connectivity index (χ1v) is 12.7. The molecule has 0 spiro atoms. The van der Waals surface area contributed by atoms with Gasteiger partial charge in [0.05, 0.1) is 22.6 Å². The predicted molar refractivity (Wildman–Crippen MR) is 131 cm³/mol. The third-order valence-electron chi connectivity index (χ3n) is 7.43. The van der Waals surface area contributed by atoms with Gasteiger partial charge in [-0.15, -0.1) is 0 Å². The lowest BCUT2D eigenvalue weighted by Crippen LogP contribution is -2.62. The van der Waals surface area contributed by atoms with Crippen molar-refractivity contribution in [3.8, 4) is 0 Å². The number of nitrogens with one attached hydrogen (secondary N) is 1. The van der Waals surface area contributed by atoms with Crippen LogP contribution >= 0.6 is 23.2 Å². The van der Waals surface area contributed by atoms with E-state index in [2.05, 4.69) is 10.2 Å². The number of hydrogen-bond acceptors (Lipinski definition) is 5. The van der Waals surface area contributed by atoms with Crippen molar-refractivity contribution in [3.63, 3.8) is 0 Å². The number of carbonyl (C=O) groups excluding carboxylic acids is 3. The van der Waals surface area contributed by atoms with Crippen molar-refractivity contribution in [3.05, 3.63) is 33.8 Å². The second-order valence-corrected chi connectivity index (χ2v) is 10.4. The first-order valence-electron chi connectivity index (χ1n) is 11.9. The second-order valence-electron chi connectivity index (χ2n) is 9.62. The van der Waals surface area contributed by atoms with E-state index in [1.54, 1.807) is 35.9 Å². The van der Waals surface area contributed by atoms with Gasteiger partial charge in [0.2, 0.25) is 17.7 Å². The number of carbonyl (C=O) groups is 3. The van der Waals surface area contributed by atoms with Crippen molar-refractivity contribution < 1.29 is 14.4 Å². The van der Waals surface area contributed by atoms with Crippen LogP contribution < -0.4 is 5.32 Å². The van der Waals surface area contributed by atoms with E-state index in [0.29, 0.717) is 29.3 Å². The van der Waals surface area contributed by atoms with Crippen LogP contribution in [0.1, 0.15) is 31.7 Å². The SMILES string of the molecule is CC(=O)N1CCN(C2CCC3NCN(CC(=O)N(C)Cc4ccc(Cl)c(Cl)c4)C(=O)C3C2)CC1. The van der Waals surface area contributed by atoms with Crippen molar-refractivity contribution in [2.45, 2.75) is 44.8 Å². The fraction of sp³-hybridized carbons (Fsp3) is 0.625. The Morgan fingerprint density at radius 3 is 2.53 bits per heavy atom. The highest BCUT2D eigenvalue weighted by molar-refractivity contribution is 6.42. The zero-order valence-corrected chi connectivity index (χ0v) is 21.3. The number of likely N-dealkylation sites (N-methyl/N-ethyl adjacent to an activating group) is 1. The molecule has 2 heterocycles. The number of halogens is 2. The lowest BCUT2D eigenvalue weighted by molar-refractivity contribution is -0.148. The predicted octanol–water partition coefficient (Wildman–Crippen LogP) is 2.04. The van der Waals surface area contributed by atoms with Gasteiger partial charge in [0, 0.05) is 58.8 Å². The first kappa shape index (κ1) is 25.2. The van der Waals surface area contributed by atoms with Gasteiger partial charge < -0.3 is 14.7 Å². The molecule has 0 radical (unpaired) electrons. The van der Waals surface area contributed by atoms with Gasteiger partial charge >= 0.3 is 0 Å². The maximum Gasteiger partial charge on any atom is 0.242 e. The summed E-state index contributed by atoms with van der Waals surface area (Å²) in [5.74, 6) is -0.0505. The molecule has 3 atom stereocenters. The molecule has 1 aliphatic carbocycles. The molecule has 2 aliphatic heterocycles. The van der Waals surface area contributed by atoms with Crippen LogP contribution in [-0.2, 0) is 20.9 Å². The van der Waals surface area contributed by atoms with Crippen LogP contribution in [0, 0.1) is 5.92 Å². The largest absolute Gasteiger partial charge is 0.340 e. The number of piperazine rings is 1. The summed E-state index contributed by atoms with van der Waals surface area (Å²) in [6.07, 6.45) is 2.79. The Morgan fingerprint density at radius 1 is 1.12 bits per heavy atom. The van der Waals surface area contributed by atoms with Gasteiger partial charge in [-0.05, 0) is 37.0 Å². The summed E-state index contributed by atoms with van der Waals surface area (Å²) in [5.41, 5.74) is 0.883. The van der Waals surface area contributed by atoms with Crippen LogP contribution in [0.2, 0.25) is 10.0 Å². The molecule has 3 amide bonds. The van der Waals surface area contributed by atoms with Crippen LogP contribution in [0.4, 0.5) is 0 Å². The molecule has 8 nitrogen and oxygen atoms in total. The van der Waals surface area contributed by atoms with Crippen molar-refractivity contribution in [1.29, 1.82) is 0 Å². The Balaban J connectivity index is 1.31. The fourth-order valence-electron chi connectivity index (χ4n) is 5.36. The first-order chi connectivity index (χ1) is 16.2. The quantitative estimate of drug-likeness (QED) is 0.657. The molecular weight excluding hydrogens is 477 g/mol.